The fourth-order valence-corrected chi connectivity index (χ4v) is 0.721. The molecule has 80 valence electrons. The Morgan fingerprint density at radius 3 is 2.79 bits per heavy atom. The average molecular weight is 219 g/mol. The van der Waals surface area contributed by atoms with Crippen LogP contribution in [0.3, 0.4) is 0 Å². The van der Waals surface area contributed by atoms with E-state index in [2.05, 4.69) is 21.7 Å². The van der Waals surface area contributed by atoms with Crippen molar-refractivity contribution in [3.63, 3.8) is 0 Å². The first kappa shape index (κ1) is 12.8. The number of rotatable bonds is 5. The van der Waals surface area contributed by atoms with Crippen molar-refractivity contribution in [2.45, 2.75) is 13.3 Å². The van der Waals surface area contributed by atoms with Gasteiger partial charge in [0.15, 0.2) is 0 Å². The molecule has 5 nitrogen and oxygen atoms in total. The predicted octanol–water partition coefficient (Wildman–Crippen LogP) is 0.127. The molecular formula is C8H15ClN4O. The molecule has 0 aliphatic heterocycles. The molecule has 0 aromatic heterocycles. The first-order valence-corrected chi connectivity index (χ1v) is 4.56. The number of halogens is 1. The Bertz CT molecular complexity index is 239. The summed E-state index contributed by atoms with van der Waals surface area (Å²) >= 11 is 5.17. The van der Waals surface area contributed by atoms with Gasteiger partial charge >= 0.3 is 0 Å². The number of nitrogens with two attached hydrogens (primary N) is 1. The standard InChI is InChI=1S/C8H15ClN4O/c1-6(2)7(14)11-4-3-5-12-8(10)13-9/h1,3-5H2,2H3,(H,11,14)(H3,10,12,13). The average Bonchev–Trinajstić information content (AvgIpc) is 2.16. The van der Waals surface area contributed by atoms with Gasteiger partial charge in [0.2, 0.25) is 11.9 Å². The van der Waals surface area contributed by atoms with E-state index in [0.717, 1.165) is 0 Å². The largest absolute Gasteiger partial charge is 0.369 e. The maximum absolute atomic E-state index is 11.0. The summed E-state index contributed by atoms with van der Waals surface area (Å²) < 4.78 is 0. The maximum Gasteiger partial charge on any atom is 0.246 e. The van der Waals surface area contributed by atoms with Gasteiger partial charge in [0.25, 0.3) is 0 Å². The fourth-order valence-electron chi connectivity index (χ4n) is 0.661. The van der Waals surface area contributed by atoms with Gasteiger partial charge in [-0.25, -0.2) is 0 Å². The lowest BCUT2D eigenvalue weighted by molar-refractivity contribution is -0.117. The number of amides is 1. The van der Waals surface area contributed by atoms with Gasteiger partial charge in [-0.2, -0.15) is 0 Å². The zero-order chi connectivity index (χ0) is 11.0. The summed E-state index contributed by atoms with van der Waals surface area (Å²) in [6.45, 7) is 6.23. The minimum atomic E-state index is -0.141. The first-order valence-electron chi connectivity index (χ1n) is 4.18. The molecule has 0 unspecified atom stereocenters. The minimum absolute atomic E-state index is 0.141. The number of aliphatic imine (C=N–C) groups is 1. The van der Waals surface area contributed by atoms with Crippen LogP contribution in [0.1, 0.15) is 13.3 Å². The number of hydrogen-bond acceptors (Lipinski definition) is 2. The highest BCUT2D eigenvalue weighted by Gasteiger charge is 1.98. The van der Waals surface area contributed by atoms with Gasteiger partial charge in [-0.15, -0.1) is 0 Å². The van der Waals surface area contributed by atoms with Gasteiger partial charge in [-0.3, -0.25) is 14.6 Å². The molecule has 4 N–H and O–H groups in total. The fraction of sp³-hybridized carbons (Fsp3) is 0.500. The zero-order valence-corrected chi connectivity index (χ0v) is 8.90. The molecule has 6 heteroatoms. The molecule has 0 bridgehead atoms. The van der Waals surface area contributed by atoms with Gasteiger partial charge in [0.05, 0.1) is 0 Å². The van der Waals surface area contributed by atoms with E-state index in [1.165, 1.54) is 0 Å². The normalized spacial score (nSPS) is 10.9. The van der Waals surface area contributed by atoms with E-state index in [1.54, 1.807) is 6.92 Å². The Kier molecular flexibility index (Phi) is 6.57. The second-order valence-electron chi connectivity index (χ2n) is 2.75. The van der Waals surface area contributed by atoms with Crippen molar-refractivity contribution in [3.05, 3.63) is 12.2 Å². The van der Waals surface area contributed by atoms with Crippen LogP contribution in [0, 0.1) is 0 Å². The molecule has 0 fully saturated rings. The molecule has 0 radical (unpaired) electrons. The van der Waals surface area contributed by atoms with E-state index in [0.29, 0.717) is 25.1 Å². The van der Waals surface area contributed by atoms with Crippen molar-refractivity contribution in [1.82, 2.24) is 10.2 Å². The number of carbonyl (C=O) groups is 1. The number of guanidine groups is 1. The number of nitrogens with zero attached hydrogens (tertiary/aromatic N) is 1. The SMILES string of the molecule is C=C(C)C(=O)NCCCN=C(N)NCl. The Balaban J connectivity index is 3.48. The van der Waals surface area contributed by atoms with Crippen LogP contribution in [0.15, 0.2) is 17.1 Å². The maximum atomic E-state index is 11.0. The van der Waals surface area contributed by atoms with E-state index in [9.17, 15) is 4.79 Å². The number of nitrogens with one attached hydrogen (secondary N) is 2. The third-order valence-electron chi connectivity index (χ3n) is 1.39. The Morgan fingerprint density at radius 1 is 1.64 bits per heavy atom. The van der Waals surface area contributed by atoms with Crippen molar-refractivity contribution in [1.29, 1.82) is 0 Å². The van der Waals surface area contributed by atoms with Gasteiger partial charge in [0.1, 0.15) is 0 Å². The van der Waals surface area contributed by atoms with Crippen LogP contribution in [0.2, 0.25) is 0 Å². The molecule has 1 amide bonds. The highest BCUT2D eigenvalue weighted by atomic mass is 35.5. The van der Waals surface area contributed by atoms with Crippen molar-refractivity contribution >= 4 is 23.6 Å². The lowest BCUT2D eigenvalue weighted by Gasteiger charge is -2.02. The zero-order valence-electron chi connectivity index (χ0n) is 8.14. The van der Waals surface area contributed by atoms with Crippen LogP contribution in [-0.2, 0) is 4.79 Å². The molecule has 0 spiro atoms. The lowest BCUT2D eigenvalue weighted by Crippen LogP contribution is -2.26. The topological polar surface area (TPSA) is 79.5 Å². The molecule has 14 heavy (non-hydrogen) atoms. The van der Waals surface area contributed by atoms with Crippen molar-refractivity contribution in [2.75, 3.05) is 13.1 Å². The quantitative estimate of drug-likeness (QED) is 0.202. The van der Waals surface area contributed by atoms with Crippen LogP contribution >= 0.6 is 11.8 Å². The van der Waals surface area contributed by atoms with Crippen LogP contribution in [0.4, 0.5) is 0 Å². The van der Waals surface area contributed by atoms with Crippen molar-refractivity contribution in [3.8, 4) is 0 Å². The van der Waals surface area contributed by atoms with Crippen molar-refractivity contribution in [2.24, 2.45) is 10.7 Å². The summed E-state index contributed by atoms with van der Waals surface area (Å²) in [7, 11) is 0. The van der Waals surface area contributed by atoms with Crippen molar-refractivity contribution < 1.29 is 4.79 Å². The third-order valence-corrected chi connectivity index (χ3v) is 1.58. The second-order valence-corrected chi connectivity index (χ2v) is 2.94. The summed E-state index contributed by atoms with van der Waals surface area (Å²) in [5.41, 5.74) is 5.76. The molecule has 0 aromatic rings. The summed E-state index contributed by atoms with van der Waals surface area (Å²) in [4.78, 5) is 17.0. The van der Waals surface area contributed by atoms with Crippen LogP contribution in [0.25, 0.3) is 0 Å². The molecule has 0 atom stereocenters. The molecule has 0 rings (SSSR count). The predicted molar refractivity (Wildman–Crippen MR) is 57.9 cm³/mol. The molecule has 0 saturated heterocycles. The van der Waals surface area contributed by atoms with Crippen LogP contribution in [0.5, 0.6) is 0 Å². The lowest BCUT2D eigenvalue weighted by atomic mass is 10.3. The second kappa shape index (κ2) is 7.20. The monoisotopic (exact) mass is 218 g/mol. The minimum Gasteiger partial charge on any atom is -0.369 e. The Hall–Kier alpha value is -1.23. The van der Waals surface area contributed by atoms with Gasteiger partial charge in [-0.1, -0.05) is 6.58 Å². The molecular weight excluding hydrogens is 204 g/mol. The van der Waals surface area contributed by atoms with E-state index in [-0.39, 0.29) is 11.9 Å². The van der Waals surface area contributed by atoms with Gasteiger partial charge in [-0.05, 0) is 13.3 Å². The summed E-state index contributed by atoms with van der Waals surface area (Å²) in [5, 5.41) is 2.67. The Morgan fingerprint density at radius 2 is 2.29 bits per heavy atom. The van der Waals surface area contributed by atoms with Crippen LogP contribution < -0.4 is 15.9 Å². The van der Waals surface area contributed by atoms with Crippen LogP contribution in [-0.4, -0.2) is 25.0 Å². The van der Waals surface area contributed by atoms with Gasteiger partial charge in [0, 0.05) is 30.4 Å². The smallest absolute Gasteiger partial charge is 0.246 e. The Labute approximate surface area is 88.5 Å². The summed E-state index contributed by atoms with van der Waals surface area (Å²) in [5.74, 6) is 0.0373. The summed E-state index contributed by atoms with van der Waals surface area (Å²) in [6, 6.07) is 0. The van der Waals surface area contributed by atoms with Gasteiger partial charge < -0.3 is 11.1 Å². The highest BCUT2D eigenvalue weighted by Crippen LogP contribution is 1.86. The number of hydrogen-bond donors (Lipinski definition) is 3. The molecule has 0 aromatic carbocycles. The molecule has 0 heterocycles. The number of carbonyl (C=O) groups excluding carboxylic acids is 1. The molecule has 0 aliphatic carbocycles. The summed E-state index contributed by atoms with van der Waals surface area (Å²) in [6.07, 6.45) is 0.707. The first-order chi connectivity index (χ1) is 6.57. The third kappa shape index (κ3) is 6.30. The molecule has 0 saturated carbocycles. The van der Waals surface area contributed by atoms with E-state index < -0.39 is 0 Å². The highest BCUT2D eigenvalue weighted by molar-refractivity contribution is 6.21. The molecule has 0 aliphatic rings. The van der Waals surface area contributed by atoms with E-state index in [1.807, 2.05) is 0 Å². The van der Waals surface area contributed by atoms with E-state index in [4.69, 9.17) is 17.5 Å². The van der Waals surface area contributed by atoms with E-state index >= 15 is 0 Å².